The van der Waals surface area contributed by atoms with Crippen LogP contribution in [0.2, 0.25) is 0 Å². The number of nitrogens with zero attached hydrogens (tertiary/aromatic N) is 1. The van der Waals surface area contributed by atoms with Gasteiger partial charge in [0.2, 0.25) is 0 Å². The number of fused-ring (bicyclic) bond motifs is 3. The van der Waals surface area contributed by atoms with Gasteiger partial charge in [-0.05, 0) is 102 Å². The Kier molecular flexibility index (Phi) is 6.56. The fourth-order valence-electron chi connectivity index (χ4n) is 11.4. The third-order valence-corrected chi connectivity index (χ3v) is 14.4. The van der Waals surface area contributed by atoms with Crippen LogP contribution in [0.5, 0.6) is 0 Å². The maximum Gasteiger partial charge on any atom is 0.162 e. The Morgan fingerprint density at radius 3 is 2.31 bits per heavy atom. The molecule has 0 aromatic carbocycles. The lowest BCUT2D eigenvalue weighted by molar-refractivity contribution is -0.233. The number of carbonyl (C=O) groups is 1. The lowest BCUT2D eigenvalue weighted by Gasteiger charge is -2.72. The molecule has 202 valence electrons. The van der Waals surface area contributed by atoms with Crippen LogP contribution in [-0.2, 0) is 9.53 Å². The summed E-state index contributed by atoms with van der Waals surface area (Å²) in [6.45, 7) is 17.7. The minimum Gasteiger partial charge on any atom is -0.377 e. The predicted octanol–water partition coefficient (Wildman–Crippen LogP) is 8.68. The fraction of sp³-hybridized carbons (Fsp3) is 0.935. The first-order valence-electron chi connectivity index (χ1n) is 14.4. The number of Topliss-reactive ketones (excluding diaryl/α,β-unsaturated/α-hetero) is 1. The highest BCUT2D eigenvalue weighted by atomic mass is 79.9. The van der Waals surface area contributed by atoms with Gasteiger partial charge >= 0.3 is 0 Å². The summed E-state index contributed by atoms with van der Waals surface area (Å²) in [6.07, 6.45) is 10.8. The molecule has 0 spiro atoms. The van der Waals surface area contributed by atoms with Crippen molar-refractivity contribution in [3.63, 3.8) is 0 Å². The minimum absolute atomic E-state index is 0.166. The standard InChI is InChI=1S/C31H47Br2NO2/c1-26(2)12-14-31-15-13-29(6)19(22(31)24(26)36-18-31)8-9-21-28(5,16-17-34)20(10-11-30(21,29)7)27(3,4)23(35)25(32)33/h19-22,24-25H,8-16,18H2,1-7H3/t19-,20+,21-,22+,24-,28+,29-,30-,31-/m1/s1. The van der Waals surface area contributed by atoms with E-state index in [1.807, 2.05) is 0 Å². The third-order valence-electron chi connectivity index (χ3n) is 13.6. The Morgan fingerprint density at radius 1 is 1.00 bits per heavy atom. The van der Waals surface area contributed by atoms with Crippen molar-refractivity contribution in [2.45, 2.75) is 116 Å². The number of carbonyl (C=O) groups excluding carboxylic acids is 1. The summed E-state index contributed by atoms with van der Waals surface area (Å²) in [4.78, 5) is 13.4. The molecule has 5 aliphatic rings. The summed E-state index contributed by atoms with van der Waals surface area (Å²) >= 11 is 7.00. The lowest BCUT2D eigenvalue weighted by atomic mass is 9.32. The first-order valence-corrected chi connectivity index (χ1v) is 16.2. The second-order valence-electron chi connectivity index (χ2n) is 15.5. The first kappa shape index (κ1) is 27.6. The number of alkyl halides is 2. The summed E-state index contributed by atoms with van der Waals surface area (Å²) in [5, 5.41) is 10.1. The average molecular weight is 626 g/mol. The molecule has 0 radical (unpaired) electrons. The van der Waals surface area contributed by atoms with E-state index in [-0.39, 0.29) is 37.1 Å². The SMILES string of the molecule is CC1(C)CC[C@]23CC[C@]4(C)[C@H](CC[C@@H]5[C@@](C)(CC#N)[C@H](C(C)(C)C(=O)C(Br)Br)CC[C@]54C)[C@H]2[C@H]1OC3. The molecular formula is C31H47Br2NO2. The molecule has 1 saturated heterocycles. The molecule has 1 heterocycles. The average Bonchev–Trinajstić information content (AvgIpc) is 3.12. The minimum atomic E-state index is -0.487. The summed E-state index contributed by atoms with van der Waals surface area (Å²) in [7, 11) is 0. The smallest absolute Gasteiger partial charge is 0.162 e. The van der Waals surface area contributed by atoms with E-state index >= 15 is 0 Å². The predicted molar refractivity (Wildman–Crippen MR) is 152 cm³/mol. The van der Waals surface area contributed by atoms with E-state index in [2.05, 4.69) is 86.4 Å². The molecule has 5 rings (SSSR count). The van der Waals surface area contributed by atoms with Gasteiger partial charge in [-0.3, -0.25) is 4.79 Å². The molecule has 4 saturated carbocycles. The van der Waals surface area contributed by atoms with Crippen molar-refractivity contribution in [2.24, 2.45) is 56.2 Å². The van der Waals surface area contributed by atoms with Crippen LogP contribution in [-0.4, -0.2) is 22.2 Å². The zero-order valence-corrected chi connectivity index (χ0v) is 26.7. The van der Waals surface area contributed by atoms with Gasteiger partial charge in [-0.15, -0.1) is 0 Å². The van der Waals surface area contributed by atoms with Crippen LogP contribution < -0.4 is 0 Å². The molecule has 3 nitrogen and oxygen atoms in total. The van der Waals surface area contributed by atoms with Gasteiger partial charge in [-0.1, -0.05) is 80.3 Å². The summed E-state index contributed by atoms with van der Waals surface area (Å²) in [5.41, 5.74) is 0.448. The van der Waals surface area contributed by atoms with Crippen molar-refractivity contribution >= 4 is 37.6 Å². The normalized spacial score (nSPS) is 49.5. The van der Waals surface area contributed by atoms with Crippen molar-refractivity contribution in [1.29, 1.82) is 5.26 Å². The first-order chi connectivity index (χ1) is 16.6. The van der Waals surface area contributed by atoms with Crippen molar-refractivity contribution in [2.75, 3.05) is 6.61 Å². The van der Waals surface area contributed by atoms with E-state index in [1.54, 1.807) is 0 Å². The molecule has 36 heavy (non-hydrogen) atoms. The van der Waals surface area contributed by atoms with Crippen LogP contribution in [0.25, 0.3) is 0 Å². The van der Waals surface area contributed by atoms with E-state index in [0.717, 1.165) is 19.4 Å². The van der Waals surface area contributed by atoms with Crippen molar-refractivity contribution in [3.05, 3.63) is 0 Å². The number of hydrogen-bond donors (Lipinski definition) is 0. The number of ether oxygens (including phenoxy) is 1. The molecule has 0 aromatic rings. The van der Waals surface area contributed by atoms with E-state index in [9.17, 15) is 10.1 Å². The number of halogens is 2. The molecule has 9 atom stereocenters. The molecule has 0 unspecified atom stereocenters. The van der Waals surface area contributed by atoms with Gasteiger partial charge < -0.3 is 4.74 Å². The van der Waals surface area contributed by atoms with Gasteiger partial charge in [0.05, 0.1) is 18.8 Å². The summed E-state index contributed by atoms with van der Waals surface area (Å²) in [5.74, 6) is 2.25. The van der Waals surface area contributed by atoms with Crippen LogP contribution in [0.15, 0.2) is 0 Å². The van der Waals surface area contributed by atoms with Crippen LogP contribution in [0.4, 0.5) is 0 Å². The van der Waals surface area contributed by atoms with Crippen LogP contribution in [0.3, 0.4) is 0 Å². The van der Waals surface area contributed by atoms with Crippen LogP contribution >= 0.6 is 31.9 Å². The number of nitriles is 1. The van der Waals surface area contributed by atoms with E-state index in [1.165, 1.54) is 38.5 Å². The van der Waals surface area contributed by atoms with E-state index in [0.29, 0.717) is 35.7 Å². The maximum atomic E-state index is 13.4. The van der Waals surface area contributed by atoms with Gasteiger partial charge in [0.1, 0.15) is 3.74 Å². The number of ketones is 1. The largest absolute Gasteiger partial charge is 0.377 e. The zero-order valence-electron chi connectivity index (χ0n) is 23.6. The molecule has 5 heteroatoms. The Bertz CT molecular complexity index is 970. The molecule has 5 fully saturated rings. The van der Waals surface area contributed by atoms with Crippen LogP contribution in [0, 0.1) is 67.5 Å². The summed E-state index contributed by atoms with van der Waals surface area (Å²) < 4.78 is 6.35. The zero-order chi connectivity index (χ0) is 26.5. The molecular weight excluding hydrogens is 578 g/mol. The number of hydrogen-bond acceptors (Lipinski definition) is 3. The van der Waals surface area contributed by atoms with E-state index in [4.69, 9.17) is 4.74 Å². The quantitative estimate of drug-likeness (QED) is 0.294. The monoisotopic (exact) mass is 623 g/mol. The van der Waals surface area contributed by atoms with Gasteiger partial charge in [0.15, 0.2) is 5.78 Å². The topological polar surface area (TPSA) is 50.1 Å². The summed E-state index contributed by atoms with van der Waals surface area (Å²) in [6, 6.07) is 2.61. The molecule has 0 aromatic heterocycles. The van der Waals surface area contributed by atoms with Crippen molar-refractivity contribution in [3.8, 4) is 6.07 Å². The Hall–Kier alpha value is 0.0800. The van der Waals surface area contributed by atoms with Gasteiger partial charge in [-0.25, -0.2) is 0 Å². The third kappa shape index (κ3) is 3.44. The Labute approximate surface area is 236 Å². The highest BCUT2D eigenvalue weighted by molar-refractivity contribution is 9.25. The highest BCUT2D eigenvalue weighted by Gasteiger charge is 2.72. The maximum absolute atomic E-state index is 13.4. The van der Waals surface area contributed by atoms with Crippen molar-refractivity contribution in [1.82, 2.24) is 0 Å². The number of rotatable bonds is 4. The van der Waals surface area contributed by atoms with E-state index < -0.39 is 5.41 Å². The lowest BCUT2D eigenvalue weighted by Crippen LogP contribution is -2.66. The van der Waals surface area contributed by atoms with Gasteiger partial charge in [0.25, 0.3) is 0 Å². The molecule has 1 aliphatic heterocycles. The molecule has 2 bridgehead atoms. The Morgan fingerprint density at radius 2 is 1.67 bits per heavy atom. The molecule has 0 amide bonds. The molecule has 0 N–H and O–H groups in total. The Balaban J connectivity index is 1.55. The van der Waals surface area contributed by atoms with Gasteiger partial charge in [0, 0.05) is 11.8 Å². The second-order valence-corrected chi connectivity index (χ2v) is 18.6. The molecule has 4 aliphatic carbocycles. The fourth-order valence-corrected chi connectivity index (χ4v) is 12.6. The van der Waals surface area contributed by atoms with Crippen LogP contribution in [0.1, 0.15) is 106 Å². The van der Waals surface area contributed by atoms with Crippen molar-refractivity contribution < 1.29 is 9.53 Å². The second kappa shape index (κ2) is 8.54. The van der Waals surface area contributed by atoms with Gasteiger partial charge in [-0.2, -0.15) is 5.26 Å². The highest BCUT2D eigenvalue weighted by Crippen LogP contribution is 2.77.